The predicted molar refractivity (Wildman–Crippen MR) is 84.9 cm³/mol. The van der Waals surface area contributed by atoms with Gasteiger partial charge in [0.2, 0.25) is 11.9 Å². The van der Waals surface area contributed by atoms with Crippen LogP contribution in [0.25, 0.3) is 0 Å². The summed E-state index contributed by atoms with van der Waals surface area (Å²) < 4.78 is 11.3. The molecule has 0 saturated heterocycles. The summed E-state index contributed by atoms with van der Waals surface area (Å²) in [6.07, 6.45) is 2.55. The van der Waals surface area contributed by atoms with E-state index in [-0.39, 0.29) is 11.2 Å². The normalized spacial score (nSPS) is 14.2. The maximum absolute atomic E-state index is 11.3. The maximum atomic E-state index is 11.3. The van der Waals surface area contributed by atoms with Crippen LogP contribution in [0.4, 0.5) is 11.9 Å². The quantitative estimate of drug-likeness (QED) is 0.825. The minimum absolute atomic E-state index is 0.169. The van der Waals surface area contributed by atoms with Crippen LogP contribution < -0.4 is 10.2 Å². The van der Waals surface area contributed by atoms with Crippen molar-refractivity contribution in [3.63, 3.8) is 0 Å². The number of anilines is 2. The number of hydrogen-bond acceptors (Lipinski definition) is 6. The first kappa shape index (κ1) is 16.8. The summed E-state index contributed by atoms with van der Waals surface area (Å²) in [6, 6.07) is 0. The molecule has 20 heavy (non-hydrogen) atoms. The molecule has 1 aromatic rings. The van der Waals surface area contributed by atoms with Crippen LogP contribution in [0.3, 0.4) is 0 Å². The molecule has 0 amide bonds. The summed E-state index contributed by atoms with van der Waals surface area (Å²) in [7, 11) is 3.02. The van der Waals surface area contributed by atoms with Gasteiger partial charge in [-0.2, -0.15) is 15.0 Å². The molecule has 0 aromatic carbocycles. The third kappa shape index (κ3) is 5.03. The lowest BCUT2D eigenvalue weighted by Crippen LogP contribution is -2.19. The van der Waals surface area contributed by atoms with Gasteiger partial charge in [0.05, 0.1) is 0 Å². The zero-order valence-corrected chi connectivity index (χ0v) is 14.0. The highest BCUT2D eigenvalue weighted by atomic mass is 32.2. The Morgan fingerprint density at radius 1 is 1.20 bits per heavy atom. The van der Waals surface area contributed by atoms with E-state index in [9.17, 15) is 4.21 Å². The summed E-state index contributed by atoms with van der Waals surface area (Å²) >= 11 is 0. The Bertz CT molecular complexity index is 438. The lowest BCUT2D eigenvalue weighted by molar-refractivity contribution is 0.671. The van der Waals surface area contributed by atoms with Crippen LogP contribution in [0.1, 0.15) is 38.9 Å². The van der Waals surface area contributed by atoms with Crippen molar-refractivity contribution in [2.45, 2.75) is 38.4 Å². The van der Waals surface area contributed by atoms with E-state index in [1.165, 1.54) is 0 Å². The van der Waals surface area contributed by atoms with Crippen LogP contribution in [0.15, 0.2) is 0 Å². The topological polar surface area (TPSA) is 71.0 Å². The fourth-order valence-electron chi connectivity index (χ4n) is 1.47. The molecule has 0 aliphatic heterocycles. The lowest BCUT2D eigenvalue weighted by Gasteiger charge is -2.15. The highest BCUT2D eigenvalue weighted by Crippen LogP contribution is 2.15. The van der Waals surface area contributed by atoms with E-state index < -0.39 is 10.8 Å². The Balaban J connectivity index is 2.76. The van der Waals surface area contributed by atoms with Crippen molar-refractivity contribution < 1.29 is 4.21 Å². The SMILES string of the molecule is CC(C)c1nc(NCCC(C)S(C)=O)nc(N(C)C)n1. The van der Waals surface area contributed by atoms with Crippen LogP contribution in [0, 0.1) is 0 Å². The molecule has 1 rings (SSSR count). The first-order valence-corrected chi connectivity index (χ1v) is 8.42. The minimum Gasteiger partial charge on any atom is -0.354 e. The molecule has 2 atom stereocenters. The highest BCUT2D eigenvalue weighted by Gasteiger charge is 2.11. The van der Waals surface area contributed by atoms with Gasteiger partial charge in [-0.05, 0) is 6.42 Å². The highest BCUT2D eigenvalue weighted by molar-refractivity contribution is 7.84. The van der Waals surface area contributed by atoms with Gasteiger partial charge < -0.3 is 10.2 Å². The molecule has 6 nitrogen and oxygen atoms in total. The molecule has 0 saturated carbocycles. The summed E-state index contributed by atoms with van der Waals surface area (Å²) in [4.78, 5) is 15.1. The Hall–Kier alpha value is -1.24. The number of rotatable bonds is 7. The fraction of sp³-hybridized carbons (Fsp3) is 0.769. The van der Waals surface area contributed by atoms with E-state index >= 15 is 0 Å². The van der Waals surface area contributed by atoms with Crippen LogP contribution in [-0.4, -0.2) is 51.3 Å². The van der Waals surface area contributed by atoms with Crippen LogP contribution in [-0.2, 0) is 10.8 Å². The molecule has 1 N–H and O–H groups in total. The van der Waals surface area contributed by atoms with Gasteiger partial charge in [-0.1, -0.05) is 20.8 Å². The lowest BCUT2D eigenvalue weighted by atomic mass is 10.2. The molecule has 1 aromatic heterocycles. The Kier molecular flexibility index (Phi) is 6.32. The van der Waals surface area contributed by atoms with Crippen molar-refractivity contribution in [2.75, 3.05) is 37.1 Å². The summed E-state index contributed by atoms with van der Waals surface area (Å²) in [5, 5.41) is 3.37. The van der Waals surface area contributed by atoms with Crippen molar-refractivity contribution in [3.8, 4) is 0 Å². The maximum Gasteiger partial charge on any atom is 0.229 e. The molecular weight excluding hydrogens is 274 g/mol. The Labute approximate surface area is 123 Å². The second kappa shape index (κ2) is 7.52. The summed E-state index contributed by atoms with van der Waals surface area (Å²) in [5.41, 5.74) is 0. The van der Waals surface area contributed by atoms with Crippen molar-refractivity contribution >= 4 is 22.7 Å². The molecular formula is C13H25N5OS. The average molecular weight is 299 g/mol. The van der Waals surface area contributed by atoms with E-state index in [0.29, 0.717) is 18.4 Å². The predicted octanol–water partition coefficient (Wildman–Crippen LogP) is 1.63. The first-order valence-electron chi connectivity index (χ1n) is 6.80. The number of nitrogens with one attached hydrogen (secondary N) is 1. The zero-order valence-electron chi connectivity index (χ0n) is 13.2. The third-order valence-electron chi connectivity index (χ3n) is 2.96. The summed E-state index contributed by atoms with van der Waals surface area (Å²) in [6.45, 7) is 6.80. The standard InChI is InChI=1S/C13H25N5OS/c1-9(2)11-15-12(17-13(16-11)18(4)5)14-8-7-10(3)20(6)19/h9-10H,7-8H2,1-6H3,(H,14,15,16,17). The first-order chi connectivity index (χ1) is 9.31. The van der Waals surface area contributed by atoms with Crippen LogP contribution >= 0.6 is 0 Å². The van der Waals surface area contributed by atoms with E-state index in [1.54, 1.807) is 6.26 Å². The van der Waals surface area contributed by atoms with Crippen LogP contribution in [0.5, 0.6) is 0 Å². The monoisotopic (exact) mass is 299 g/mol. The molecule has 7 heteroatoms. The number of aromatic nitrogens is 3. The Morgan fingerprint density at radius 3 is 2.35 bits per heavy atom. The van der Waals surface area contributed by atoms with Gasteiger partial charge in [0.25, 0.3) is 0 Å². The molecule has 0 aliphatic rings. The van der Waals surface area contributed by atoms with E-state index in [1.807, 2.05) is 25.9 Å². The molecule has 0 fully saturated rings. The van der Waals surface area contributed by atoms with Gasteiger partial charge in [-0.25, -0.2) is 0 Å². The van der Waals surface area contributed by atoms with Gasteiger partial charge in [0.1, 0.15) is 5.82 Å². The molecule has 0 aliphatic carbocycles. The minimum atomic E-state index is -0.793. The van der Waals surface area contributed by atoms with E-state index in [2.05, 4.69) is 34.1 Å². The molecule has 0 radical (unpaired) electrons. The fourth-order valence-corrected chi connectivity index (χ4v) is 1.92. The molecule has 1 heterocycles. The largest absolute Gasteiger partial charge is 0.354 e. The van der Waals surface area contributed by atoms with Crippen molar-refractivity contribution in [2.24, 2.45) is 0 Å². The van der Waals surface area contributed by atoms with Gasteiger partial charge in [0, 0.05) is 48.9 Å². The molecule has 2 unspecified atom stereocenters. The second-order valence-electron chi connectivity index (χ2n) is 5.39. The third-order valence-corrected chi connectivity index (χ3v) is 4.33. The molecule has 0 bridgehead atoms. The van der Waals surface area contributed by atoms with E-state index in [0.717, 1.165) is 12.2 Å². The number of hydrogen-bond donors (Lipinski definition) is 1. The van der Waals surface area contributed by atoms with Crippen LogP contribution in [0.2, 0.25) is 0 Å². The molecule has 0 spiro atoms. The van der Waals surface area contributed by atoms with E-state index in [4.69, 9.17) is 0 Å². The summed E-state index contributed by atoms with van der Waals surface area (Å²) in [5.74, 6) is 2.26. The Morgan fingerprint density at radius 2 is 1.85 bits per heavy atom. The van der Waals surface area contributed by atoms with Crippen molar-refractivity contribution in [1.82, 2.24) is 15.0 Å². The van der Waals surface area contributed by atoms with Gasteiger partial charge in [-0.15, -0.1) is 0 Å². The van der Waals surface area contributed by atoms with Crippen molar-refractivity contribution in [3.05, 3.63) is 5.82 Å². The average Bonchev–Trinajstić information content (AvgIpc) is 2.37. The molecule has 114 valence electrons. The second-order valence-corrected chi connectivity index (χ2v) is 7.19. The zero-order chi connectivity index (χ0) is 15.3. The smallest absolute Gasteiger partial charge is 0.229 e. The van der Waals surface area contributed by atoms with Gasteiger partial charge >= 0.3 is 0 Å². The number of nitrogens with zero attached hydrogens (tertiary/aromatic N) is 4. The van der Waals surface area contributed by atoms with Crippen molar-refractivity contribution in [1.29, 1.82) is 0 Å². The van der Waals surface area contributed by atoms with Gasteiger partial charge in [0.15, 0.2) is 0 Å². The van der Waals surface area contributed by atoms with Gasteiger partial charge in [-0.3, -0.25) is 4.21 Å².